The van der Waals surface area contributed by atoms with Crippen LogP contribution in [0.2, 0.25) is 0 Å². The Morgan fingerprint density at radius 2 is 1.87 bits per heavy atom. The smallest absolute Gasteiger partial charge is 0.312 e. The monoisotopic (exact) mass is 525 g/mol. The number of carbonyl (C=O) groups is 3. The largest absolute Gasteiger partial charge is 0.461 e. The highest BCUT2D eigenvalue weighted by Gasteiger charge is 2.75. The first-order chi connectivity index (χ1) is 18.4. The lowest BCUT2D eigenvalue weighted by Crippen LogP contribution is -2.56. The highest BCUT2D eigenvalue weighted by molar-refractivity contribution is 6.04. The Labute approximate surface area is 224 Å². The molecule has 2 bridgehead atoms. The van der Waals surface area contributed by atoms with E-state index in [0.717, 1.165) is 18.8 Å². The Balaban J connectivity index is 1.70. The third-order valence-corrected chi connectivity index (χ3v) is 8.07. The number of aliphatic hydroxyl groups is 1. The summed E-state index contributed by atoms with van der Waals surface area (Å²) in [5, 5.41) is 9.53. The zero-order valence-electron chi connectivity index (χ0n) is 22.4. The molecule has 1 spiro atoms. The summed E-state index contributed by atoms with van der Waals surface area (Å²) < 4.78 is 11.8. The second kappa shape index (κ2) is 11.7. The second-order valence-corrected chi connectivity index (χ2v) is 10.0. The minimum atomic E-state index is -1.12. The Morgan fingerprint density at radius 1 is 1.18 bits per heavy atom. The number of ether oxygens (including phenoxy) is 2. The quantitative estimate of drug-likeness (QED) is 0.312. The molecule has 206 valence electrons. The third-order valence-electron chi connectivity index (χ3n) is 8.07. The summed E-state index contributed by atoms with van der Waals surface area (Å²) in [6.07, 6.45) is 4.04. The SMILES string of the molecule is C=CCOC(=O)[C@@H]1[C@@H]2CCC3(O2)C(C(=O)N(CC=C)c2ccc(N(CC)CC)cc2)N(CCCO)C(=O)[C@H]13. The van der Waals surface area contributed by atoms with Crippen LogP contribution in [0.3, 0.4) is 0 Å². The molecule has 3 fully saturated rings. The average Bonchev–Trinajstić information content (AvgIpc) is 3.57. The molecule has 3 saturated heterocycles. The van der Waals surface area contributed by atoms with Crippen LogP contribution in [0.1, 0.15) is 33.1 Å². The van der Waals surface area contributed by atoms with Crippen molar-refractivity contribution in [3.63, 3.8) is 0 Å². The van der Waals surface area contributed by atoms with Gasteiger partial charge < -0.3 is 29.3 Å². The van der Waals surface area contributed by atoms with Gasteiger partial charge in [-0.15, -0.1) is 6.58 Å². The number of amides is 2. The molecule has 9 heteroatoms. The van der Waals surface area contributed by atoms with Crippen molar-refractivity contribution in [2.75, 3.05) is 49.2 Å². The maximum Gasteiger partial charge on any atom is 0.312 e. The Bertz CT molecular complexity index is 1050. The average molecular weight is 526 g/mol. The summed E-state index contributed by atoms with van der Waals surface area (Å²) in [7, 11) is 0. The number of aliphatic hydroxyl groups excluding tert-OH is 1. The number of hydrogen-bond donors (Lipinski definition) is 1. The molecule has 1 aromatic carbocycles. The highest BCUT2D eigenvalue weighted by Crippen LogP contribution is 2.58. The van der Waals surface area contributed by atoms with Crippen LogP contribution in [0.15, 0.2) is 49.6 Å². The van der Waals surface area contributed by atoms with Crippen LogP contribution in [-0.2, 0) is 23.9 Å². The minimum absolute atomic E-state index is 0.0448. The summed E-state index contributed by atoms with van der Waals surface area (Å²) >= 11 is 0. The van der Waals surface area contributed by atoms with Crippen LogP contribution in [0.5, 0.6) is 0 Å². The van der Waals surface area contributed by atoms with Crippen LogP contribution >= 0.6 is 0 Å². The summed E-state index contributed by atoms with van der Waals surface area (Å²) in [5.41, 5.74) is 0.629. The molecular weight excluding hydrogens is 486 g/mol. The first-order valence-electron chi connectivity index (χ1n) is 13.5. The number of hydrogen-bond acceptors (Lipinski definition) is 7. The lowest BCUT2D eigenvalue weighted by atomic mass is 9.70. The number of fused-ring (bicyclic) bond motifs is 1. The van der Waals surface area contributed by atoms with Crippen LogP contribution in [0, 0.1) is 11.8 Å². The van der Waals surface area contributed by atoms with E-state index >= 15 is 0 Å². The molecule has 3 aliphatic heterocycles. The fourth-order valence-corrected chi connectivity index (χ4v) is 6.45. The van der Waals surface area contributed by atoms with Gasteiger partial charge in [0.15, 0.2) is 0 Å². The van der Waals surface area contributed by atoms with E-state index in [1.165, 1.54) is 11.0 Å². The molecule has 38 heavy (non-hydrogen) atoms. The molecule has 0 aromatic heterocycles. The van der Waals surface area contributed by atoms with Crippen molar-refractivity contribution in [1.82, 2.24) is 4.90 Å². The third kappa shape index (κ3) is 4.62. The van der Waals surface area contributed by atoms with Crippen molar-refractivity contribution in [1.29, 1.82) is 0 Å². The number of esters is 1. The summed E-state index contributed by atoms with van der Waals surface area (Å²) in [5.74, 6) is -2.65. The van der Waals surface area contributed by atoms with Crippen LogP contribution in [0.4, 0.5) is 11.4 Å². The van der Waals surface area contributed by atoms with Gasteiger partial charge in [-0.1, -0.05) is 18.7 Å². The van der Waals surface area contributed by atoms with Crippen molar-refractivity contribution in [3.05, 3.63) is 49.6 Å². The van der Waals surface area contributed by atoms with Gasteiger partial charge in [0, 0.05) is 44.2 Å². The first kappa shape index (κ1) is 27.9. The number of anilines is 2. The van der Waals surface area contributed by atoms with Crippen molar-refractivity contribution in [2.45, 2.75) is 50.9 Å². The molecule has 1 N–H and O–H groups in total. The van der Waals surface area contributed by atoms with E-state index in [-0.39, 0.29) is 38.1 Å². The van der Waals surface area contributed by atoms with E-state index in [2.05, 4.69) is 31.9 Å². The fourth-order valence-electron chi connectivity index (χ4n) is 6.45. The van der Waals surface area contributed by atoms with E-state index in [1.54, 1.807) is 11.0 Å². The van der Waals surface area contributed by atoms with E-state index < -0.39 is 35.6 Å². The molecule has 3 heterocycles. The zero-order valence-corrected chi connectivity index (χ0v) is 22.4. The van der Waals surface area contributed by atoms with Gasteiger partial charge in [-0.2, -0.15) is 0 Å². The Kier molecular flexibility index (Phi) is 8.57. The summed E-state index contributed by atoms with van der Waals surface area (Å²) in [6.45, 7) is 13.7. The number of carbonyl (C=O) groups excluding carboxylic acids is 3. The molecule has 9 nitrogen and oxygen atoms in total. The predicted octanol–water partition coefficient (Wildman–Crippen LogP) is 2.54. The van der Waals surface area contributed by atoms with Gasteiger partial charge in [0.05, 0.1) is 17.9 Å². The molecule has 0 radical (unpaired) electrons. The van der Waals surface area contributed by atoms with Gasteiger partial charge >= 0.3 is 5.97 Å². The van der Waals surface area contributed by atoms with Crippen molar-refractivity contribution >= 4 is 29.2 Å². The lowest BCUT2D eigenvalue weighted by Gasteiger charge is -2.37. The normalized spacial score (nSPS) is 27.2. The van der Waals surface area contributed by atoms with Crippen molar-refractivity contribution < 1.29 is 29.0 Å². The molecule has 2 unspecified atom stereocenters. The molecular formula is C29H39N3O6. The van der Waals surface area contributed by atoms with E-state index in [1.807, 2.05) is 24.3 Å². The number of likely N-dealkylation sites (tertiary alicyclic amines) is 1. The van der Waals surface area contributed by atoms with Crippen molar-refractivity contribution in [3.8, 4) is 0 Å². The molecule has 2 amide bonds. The molecule has 4 rings (SSSR count). The van der Waals surface area contributed by atoms with Gasteiger partial charge in [0.2, 0.25) is 5.91 Å². The van der Waals surface area contributed by atoms with Gasteiger partial charge in [-0.25, -0.2) is 0 Å². The predicted molar refractivity (Wildman–Crippen MR) is 145 cm³/mol. The Morgan fingerprint density at radius 3 is 2.47 bits per heavy atom. The minimum Gasteiger partial charge on any atom is -0.461 e. The topological polar surface area (TPSA) is 99.6 Å². The maximum absolute atomic E-state index is 14.4. The summed E-state index contributed by atoms with van der Waals surface area (Å²) in [4.78, 5) is 46.5. The maximum atomic E-state index is 14.4. The Hall–Kier alpha value is -3.17. The fraction of sp³-hybridized carbons (Fsp3) is 0.552. The van der Waals surface area contributed by atoms with Gasteiger partial charge in [-0.3, -0.25) is 14.4 Å². The van der Waals surface area contributed by atoms with Gasteiger partial charge in [-0.05, 0) is 57.4 Å². The highest BCUT2D eigenvalue weighted by atomic mass is 16.6. The van der Waals surface area contributed by atoms with Gasteiger partial charge in [0.1, 0.15) is 18.2 Å². The molecule has 0 saturated carbocycles. The van der Waals surface area contributed by atoms with Crippen molar-refractivity contribution in [2.24, 2.45) is 11.8 Å². The van der Waals surface area contributed by atoms with Crippen LogP contribution in [-0.4, -0.2) is 84.9 Å². The van der Waals surface area contributed by atoms with Gasteiger partial charge in [0.25, 0.3) is 5.91 Å². The van der Waals surface area contributed by atoms with E-state index in [4.69, 9.17) is 9.47 Å². The van der Waals surface area contributed by atoms with E-state index in [9.17, 15) is 19.5 Å². The van der Waals surface area contributed by atoms with Crippen LogP contribution in [0.25, 0.3) is 0 Å². The zero-order chi connectivity index (χ0) is 27.4. The molecule has 3 aliphatic rings. The lowest BCUT2D eigenvalue weighted by molar-refractivity contribution is -0.154. The standard InChI is InChI=1S/C29H39N3O6/c1-5-16-31(21-12-10-20(11-13-21)30(7-3)8-4)27(35)25-29-15-14-22(38-29)23(28(36)37-19-6-2)24(29)26(34)32(25)17-9-18-33/h5-6,10-13,22-25,33H,1-2,7-9,14-19H2,3-4H3/t22-,23+,24-,25?,29?/m0/s1. The van der Waals surface area contributed by atoms with E-state index in [0.29, 0.717) is 24.9 Å². The molecule has 0 aliphatic carbocycles. The molecule has 1 aromatic rings. The number of benzene rings is 1. The number of nitrogens with zero attached hydrogens (tertiary/aromatic N) is 3. The molecule has 5 atom stereocenters. The second-order valence-electron chi connectivity index (χ2n) is 10.0. The number of rotatable bonds is 13. The van der Waals surface area contributed by atoms with Crippen LogP contribution < -0.4 is 9.80 Å². The summed E-state index contributed by atoms with van der Waals surface area (Å²) in [6, 6.07) is 6.86. The first-order valence-corrected chi connectivity index (χ1v) is 13.5.